The summed E-state index contributed by atoms with van der Waals surface area (Å²) >= 11 is 0. The van der Waals surface area contributed by atoms with Gasteiger partial charge in [-0.3, -0.25) is 0 Å². The van der Waals surface area contributed by atoms with Crippen LogP contribution in [-0.4, -0.2) is 0 Å². The van der Waals surface area contributed by atoms with Crippen LogP contribution in [0.3, 0.4) is 0 Å². The maximum atomic E-state index is 14.0. The summed E-state index contributed by atoms with van der Waals surface area (Å²) in [4.78, 5) is 0. The first kappa shape index (κ1) is 13.5. The lowest BCUT2D eigenvalue weighted by Crippen LogP contribution is -1.92. The Morgan fingerprint density at radius 1 is 1.16 bits per heavy atom. The summed E-state index contributed by atoms with van der Waals surface area (Å²) in [5.74, 6) is -0.159. The lowest BCUT2D eigenvalue weighted by atomic mass is 9.96. The maximum absolute atomic E-state index is 14.0. The molecule has 0 amide bonds. The summed E-state index contributed by atoms with van der Waals surface area (Å²) in [7, 11) is 0. The monoisotopic (exact) mass is 254 g/mol. The summed E-state index contributed by atoms with van der Waals surface area (Å²) in [6.45, 7) is 7.88. The Bertz CT molecular complexity index is 597. The Labute approximate surface area is 114 Å². The van der Waals surface area contributed by atoms with Crippen molar-refractivity contribution in [3.63, 3.8) is 0 Å². The first-order valence-corrected chi connectivity index (χ1v) is 6.67. The smallest absolute Gasteiger partial charge is 0.131 e. The lowest BCUT2D eigenvalue weighted by Gasteiger charge is -2.10. The van der Waals surface area contributed by atoms with Crippen LogP contribution < -0.4 is 0 Å². The van der Waals surface area contributed by atoms with Crippen LogP contribution in [0.1, 0.15) is 30.0 Å². The van der Waals surface area contributed by atoms with Crippen LogP contribution in [0, 0.1) is 12.7 Å². The molecule has 2 aromatic carbocycles. The predicted molar refractivity (Wildman–Crippen MR) is 80.7 cm³/mol. The van der Waals surface area contributed by atoms with Crippen molar-refractivity contribution in [2.24, 2.45) is 0 Å². The highest BCUT2D eigenvalue weighted by molar-refractivity contribution is 5.68. The van der Waals surface area contributed by atoms with Gasteiger partial charge in [-0.2, -0.15) is 0 Å². The lowest BCUT2D eigenvalue weighted by molar-refractivity contribution is 0.630. The molecule has 0 fully saturated rings. The molecule has 0 heterocycles. The highest BCUT2D eigenvalue weighted by Gasteiger charge is 2.07. The SMILES string of the molecule is C=Cc1ccc(-c2ccc(C)cc2F)cc1CCC. The van der Waals surface area contributed by atoms with Gasteiger partial charge in [-0.1, -0.05) is 56.3 Å². The van der Waals surface area contributed by atoms with Crippen LogP contribution in [0.5, 0.6) is 0 Å². The minimum Gasteiger partial charge on any atom is -0.206 e. The van der Waals surface area contributed by atoms with Gasteiger partial charge in [0.05, 0.1) is 0 Å². The van der Waals surface area contributed by atoms with Crippen LogP contribution in [0.15, 0.2) is 43.0 Å². The summed E-state index contributed by atoms with van der Waals surface area (Å²) in [6.07, 6.45) is 3.92. The van der Waals surface area contributed by atoms with Crippen molar-refractivity contribution >= 4 is 6.08 Å². The van der Waals surface area contributed by atoms with Gasteiger partial charge in [0.15, 0.2) is 0 Å². The topological polar surface area (TPSA) is 0 Å². The van der Waals surface area contributed by atoms with Gasteiger partial charge < -0.3 is 0 Å². The van der Waals surface area contributed by atoms with E-state index in [0.717, 1.165) is 29.5 Å². The summed E-state index contributed by atoms with van der Waals surface area (Å²) < 4.78 is 14.0. The van der Waals surface area contributed by atoms with Crippen molar-refractivity contribution < 1.29 is 4.39 Å². The number of hydrogen-bond donors (Lipinski definition) is 0. The van der Waals surface area contributed by atoms with Gasteiger partial charge in [-0.05, 0) is 41.7 Å². The number of halogens is 1. The standard InChI is InChI=1S/C18H19F/c1-4-6-15-12-16(9-8-14(15)5-2)17-10-7-13(3)11-18(17)19/h5,7-12H,2,4,6H2,1,3H3. The van der Waals surface area contributed by atoms with Crippen molar-refractivity contribution in [3.05, 3.63) is 65.5 Å². The van der Waals surface area contributed by atoms with Crippen molar-refractivity contribution in [2.45, 2.75) is 26.7 Å². The highest BCUT2D eigenvalue weighted by Crippen LogP contribution is 2.27. The third kappa shape index (κ3) is 2.93. The van der Waals surface area contributed by atoms with E-state index in [-0.39, 0.29) is 5.82 Å². The average molecular weight is 254 g/mol. The predicted octanol–water partition coefficient (Wildman–Crippen LogP) is 5.40. The molecule has 2 rings (SSSR count). The van der Waals surface area contributed by atoms with E-state index in [0.29, 0.717) is 5.56 Å². The Kier molecular flexibility index (Phi) is 4.16. The van der Waals surface area contributed by atoms with Gasteiger partial charge in [0.1, 0.15) is 5.82 Å². The first-order chi connectivity index (χ1) is 9.15. The van der Waals surface area contributed by atoms with Gasteiger partial charge >= 0.3 is 0 Å². The largest absolute Gasteiger partial charge is 0.206 e. The normalized spacial score (nSPS) is 10.5. The average Bonchev–Trinajstić information content (AvgIpc) is 2.39. The van der Waals surface area contributed by atoms with Crippen LogP contribution in [0.25, 0.3) is 17.2 Å². The minimum atomic E-state index is -0.159. The van der Waals surface area contributed by atoms with Crippen molar-refractivity contribution in [2.75, 3.05) is 0 Å². The second-order valence-corrected chi connectivity index (χ2v) is 4.85. The summed E-state index contributed by atoms with van der Waals surface area (Å²) in [6, 6.07) is 11.4. The molecule has 0 aromatic heterocycles. The molecule has 0 radical (unpaired) electrons. The number of aryl methyl sites for hydroxylation is 2. The zero-order valence-electron chi connectivity index (χ0n) is 11.5. The number of benzene rings is 2. The van der Waals surface area contributed by atoms with E-state index in [1.807, 2.05) is 37.3 Å². The molecular formula is C18H19F. The summed E-state index contributed by atoms with van der Waals surface area (Å²) in [5, 5.41) is 0. The van der Waals surface area contributed by atoms with Gasteiger partial charge in [-0.15, -0.1) is 0 Å². The molecule has 0 aliphatic heterocycles. The van der Waals surface area contributed by atoms with E-state index in [2.05, 4.69) is 19.6 Å². The molecule has 0 spiro atoms. The Morgan fingerprint density at radius 3 is 2.58 bits per heavy atom. The number of rotatable bonds is 4. The fourth-order valence-electron chi connectivity index (χ4n) is 2.31. The van der Waals surface area contributed by atoms with E-state index in [1.54, 1.807) is 6.07 Å². The third-order valence-electron chi connectivity index (χ3n) is 3.32. The van der Waals surface area contributed by atoms with E-state index >= 15 is 0 Å². The molecule has 0 saturated heterocycles. The van der Waals surface area contributed by atoms with Gasteiger partial charge in [-0.25, -0.2) is 4.39 Å². The molecule has 0 aliphatic rings. The fraction of sp³-hybridized carbons (Fsp3) is 0.222. The molecule has 98 valence electrons. The maximum Gasteiger partial charge on any atom is 0.131 e. The fourth-order valence-corrected chi connectivity index (χ4v) is 2.31. The van der Waals surface area contributed by atoms with E-state index in [1.165, 1.54) is 5.56 Å². The minimum absolute atomic E-state index is 0.159. The third-order valence-corrected chi connectivity index (χ3v) is 3.32. The van der Waals surface area contributed by atoms with Crippen molar-refractivity contribution in [1.82, 2.24) is 0 Å². The van der Waals surface area contributed by atoms with Crippen LogP contribution in [0.4, 0.5) is 4.39 Å². The molecule has 0 nitrogen and oxygen atoms in total. The van der Waals surface area contributed by atoms with Gasteiger partial charge in [0.25, 0.3) is 0 Å². The molecule has 2 aromatic rings. The quantitative estimate of drug-likeness (QED) is 0.685. The van der Waals surface area contributed by atoms with Crippen molar-refractivity contribution in [1.29, 1.82) is 0 Å². The molecule has 0 unspecified atom stereocenters. The van der Waals surface area contributed by atoms with Gasteiger partial charge in [0, 0.05) is 5.56 Å². The first-order valence-electron chi connectivity index (χ1n) is 6.67. The molecule has 1 heteroatoms. The molecule has 0 saturated carbocycles. The highest BCUT2D eigenvalue weighted by atomic mass is 19.1. The van der Waals surface area contributed by atoms with E-state index in [4.69, 9.17) is 0 Å². The second-order valence-electron chi connectivity index (χ2n) is 4.85. The van der Waals surface area contributed by atoms with Gasteiger partial charge in [0.2, 0.25) is 0 Å². The van der Waals surface area contributed by atoms with E-state index < -0.39 is 0 Å². The molecule has 0 bridgehead atoms. The Hall–Kier alpha value is -1.89. The molecule has 19 heavy (non-hydrogen) atoms. The zero-order chi connectivity index (χ0) is 13.8. The molecule has 0 aliphatic carbocycles. The Balaban J connectivity index is 2.50. The molecular weight excluding hydrogens is 235 g/mol. The van der Waals surface area contributed by atoms with E-state index in [9.17, 15) is 4.39 Å². The molecule has 0 atom stereocenters. The van der Waals surface area contributed by atoms with Crippen LogP contribution in [0.2, 0.25) is 0 Å². The van der Waals surface area contributed by atoms with Crippen LogP contribution >= 0.6 is 0 Å². The van der Waals surface area contributed by atoms with Crippen molar-refractivity contribution in [3.8, 4) is 11.1 Å². The molecule has 0 N–H and O–H groups in total. The van der Waals surface area contributed by atoms with Crippen LogP contribution in [-0.2, 0) is 6.42 Å². The second kappa shape index (κ2) is 5.83. The zero-order valence-corrected chi connectivity index (χ0v) is 11.5. The number of hydrogen-bond acceptors (Lipinski definition) is 0. The Morgan fingerprint density at radius 2 is 1.95 bits per heavy atom. The summed E-state index contributed by atoms with van der Waals surface area (Å²) in [5.41, 5.74) is 4.91.